The Hall–Kier alpha value is -1.60. The SMILES string of the molecule is CCOCCN(CC)c1cc(C#N)cc(C)n1. The van der Waals surface area contributed by atoms with Gasteiger partial charge in [0.2, 0.25) is 0 Å². The van der Waals surface area contributed by atoms with E-state index in [9.17, 15) is 0 Å². The molecule has 4 nitrogen and oxygen atoms in total. The second-order valence-electron chi connectivity index (χ2n) is 3.74. The zero-order valence-electron chi connectivity index (χ0n) is 10.7. The minimum Gasteiger partial charge on any atom is -0.380 e. The first-order chi connectivity index (χ1) is 8.21. The van der Waals surface area contributed by atoms with Gasteiger partial charge in [0.05, 0.1) is 18.2 Å². The van der Waals surface area contributed by atoms with Crippen LogP contribution in [0.4, 0.5) is 5.82 Å². The predicted octanol–water partition coefficient (Wildman–Crippen LogP) is 2.12. The lowest BCUT2D eigenvalue weighted by Gasteiger charge is -2.22. The van der Waals surface area contributed by atoms with Gasteiger partial charge in [0.1, 0.15) is 5.82 Å². The summed E-state index contributed by atoms with van der Waals surface area (Å²) in [4.78, 5) is 6.57. The summed E-state index contributed by atoms with van der Waals surface area (Å²) < 4.78 is 5.34. The van der Waals surface area contributed by atoms with E-state index in [0.717, 1.165) is 31.2 Å². The van der Waals surface area contributed by atoms with Crippen LogP contribution in [-0.4, -0.2) is 31.3 Å². The maximum Gasteiger partial charge on any atom is 0.130 e. The third-order valence-electron chi connectivity index (χ3n) is 2.48. The number of nitrogens with zero attached hydrogens (tertiary/aromatic N) is 3. The number of likely N-dealkylation sites (N-methyl/N-ethyl adjacent to an activating group) is 1. The highest BCUT2D eigenvalue weighted by molar-refractivity contribution is 5.46. The van der Waals surface area contributed by atoms with Crippen molar-refractivity contribution < 1.29 is 4.74 Å². The van der Waals surface area contributed by atoms with Gasteiger partial charge in [-0.15, -0.1) is 0 Å². The van der Waals surface area contributed by atoms with E-state index in [0.29, 0.717) is 12.2 Å². The first-order valence-electron chi connectivity index (χ1n) is 5.92. The molecule has 0 radical (unpaired) electrons. The number of hydrogen-bond acceptors (Lipinski definition) is 4. The van der Waals surface area contributed by atoms with Crippen molar-refractivity contribution in [3.63, 3.8) is 0 Å². The highest BCUT2D eigenvalue weighted by Gasteiger charge is 2.07. The van der Waals surface area contributed by atoms with E-state index in [1.54, 1.807) is 6.07 Å². The molecule has 0 saturated heterocycles. The smallest absolute Gasteiger partial charge is 0.130 e. The van der Waals surface area contributed by atoms with Crippen molar-refractivity contribution in [2.75, 3.05) is 31.2 Å². The zero-order valence-corrected chi connectivity index (χ0v) is 10.7. The van der Waals surface area contributed by atoms with Crippen molar-refractivity contribution in [2.45, 2.75) is 20.8 Å². The molecule has 0 aliphatic heterocycles. The van der Waals surface area contributed by atoms with Crippen LogP contribution in [0.2, 0.25) is 0 Å². The van der Waals surface area contributed by atoms with E-state index in [1.165, 1.54) is 0 Å². The van der Waals surface area contributed by atoms with Crippen molar-refractivity contribution in [1.82, 2.24) is 4.98 Å². The molecule has 0 saturated carbocycles. The Kier molecular flexibility index (Phi) is 5.44. The summed E-state index contributed by atoms with van der Waals surface area (Å²) in [5, 5.41) is 8.93. The molecule has 0 N–H and O–H groups in total. The highest BCUT2D eigenvalue weighted by atomic mass is 16.5. The van der Waals surface area contributed by atoms with Crippen molar-refractivity contribution in [3.8, 4) is 6.07 Å². The van der Waals surface area contributed by atoms with Crippen molar-refractivity contribution >= 4 is 5.82 Å². The van der Waals surface area contributed by atoms with Crippen LogP contribution < -0.4 is 4.90 Å². The molecule has 1 heterocycles. The Morgan fingerprint density at radius 3 is 2.76 bits per heavy atom. The minimum absolute atomic E-state index is 0.655. The molecule has 0 aromatic carbocycles. The molecule has 1 aromatic rings. The fourth-order valence-electron chi connectivity index (χ4n) is 1.63. The Balaban J connectivity index is 2.80. The van der Waals surface area contributed by atoms with Crippen LogP contribution in [0, 0.1) is 18.3 Å². The Labute approximate surface area is 103 Å². The van der Waals surface area contributed by atoms with Gasteiger partial charge < -0.3 is 9.64 Å². The molecule has 1 aromatic heterocycles. The number of ether oxygens (including phenoxy) is 1. The van der Waals surface area contributed by atoms with E-state index in [-0.39, 0.29) is 0 Å². The molecule has 0 spiro atoms. The largest absolute Gasteiger partial charge is 0.380 e. The summed E-state index contributed by atoms with van der Waals surface area (Å²) in [6.45, 7) is 9.02. The molecule has 0 atom stereocenters. The van der Waals surface area contributed by atoms with Gasteiger partial charge >= 0.3 is 0 Å². The van der Waals surface area contributed by atoms with Gasteiger partial charge in [0.15, 0.2) is 0 Å². The number of anilines is 1. The van der Waals surface area contributed by atoms with Crippen LogP contribution >= 0.6 is 0 Å². The molecule has 0 bridgehead atoms. The zero-order chi connectivity index (χ0) is 12.7. The molecule has 17 heavy (non-hydrogen) atoms. The summed E-state index contributed by atoms with van der Waals surface area (Å²) in [6, 6.07) is 5.77. The van der Waals surface area contributed by atoms with Gasteiger partial charge in [-0.25, -0.2) is 4.98 Å². The molecule has 4 heteroatoms. The molecule has 0 aliphatic carbocycles. The van der Waals surface area contributed by atoms with Crippen molar-refractivity contribution in [2.24, 2.45) is 0 Å². The summed E-state index contributed by atoms with van der Waals surface area (Å²) in [6.07, 6.45) is 0. The van der Waals surface area contributed by atoms with Gasteiger partial charge in [0.25, 0.3) is 0 Å². The lowest BCUT2D eigenvalue weighted by atomic mass is 10.2. The number of hydrogen-bond donors (Lipinski definition) is 0. The number of nitriles is 1. The van der Waals surface area contributed by atoms with E-state index in [1.807, 2.05) is 19.9 Å². The molecule has 0 amide bonds. The maximum atomic E-state index is 8.93. The fraction of sp³-hybridized carbons (Fsp3) is 0.538. The van der Waals surface area contributed by atoms with E-state index >= 15 is 0 Å². The minimum atomic E-state index is 0.655. The molecule has 0 fully saturated rings. The second-order valence-corrected chi connectivity index (χ2v) is 3.74. The predicted molar refractivity (Wildman–Crippen MR) is 68.1 cm³/mol. The number of rotatable bonds is 6. The Morgan fingerprint density at radius 1 is 1.41 bits per heavy atom. The van der Waals surface area contributed by atoms with Crippen molar-refractivity contribution in [3.05, 3.63) is 23.4 Å². The average Bonchev–Trinajstić information content (AvgIpc) is 2.34. The molecular weight excluding hydrogens is 214 g/mol. The topological polar surface area (TPSA) is 49.1 Å². The van der Waals surface area contributed by atoms with Gasteiger partial charge in [-0.2, -0.15) is 5.26 Å². The third kappa shape index (κ3) is 4.04. The van der Waals surface area contributed by atoms with E-state index < -0.39 is 0 Å². The van der Waals surface area contributed by atoms with Gasteiger partial charge in [0, 0.05) is 25.4 Å². The highest BCUT2D eigenvalue weighted by Crippen LogP contribution is 2.14. The summed E-state index contributed by atoms with van der Waals surface area (Å²) in [5.41, 5.74) is 1.52. The summed E-state index contributed by atoms with van der Waals surface area (Å²) >= 11 is 0. The van der Waals surface area contributed by atoms with Gasteiger partial charge in [-0.05, 0) is 32.9 Å². The van der Waals surface area contributed by atoms with Crippen LogP contribution in [0.25, 0.3) is 0 Å². The van der Waals surface area contributed by atoms with Crippen LogP contribution in [-0.2, 0) is 4.74 Å². The standard InChI is InChI=1S/C13H19N3O/c1-4-16(6-7-17-5-2)13-9-12(10-14)8-11(3)15-13/h8-9H,4-7H2,1-3H3. The summed E-state index contributed by atoms with van der Waals surface area (Å²) in [5.74, 6) is 0.851. The monoisotopic (exact) mass is 233 g/mol. The van der Waals surface area contributed by atoms with Crippen LogP contribution in [0.1, 0.15) is 25.1 Å². The number of pyridine rings is 1. The van der Waals surface area contributed by atoms with E-state index in [2.05, 4.69) is 22.9 Å². The Bertz CT molecular complexity index is 398. The Morgan fingerprint density at radius 2 is 2.18 bits per heavy atom. The second kappa shape index (κ2) is 6.87. The molecule has 92 valence electrons. The normalized spacial score (nSPS) is 10.0. The quantitative estimate of drug-likeness (QED) is 0.706. The fourth-order valence-corrected chi connectivity index (χ4v) is 1.63. The number of aryl methyl sites for hydroxylation is 1. The average molecular weight is 233 g/mol. The first kappa shape index (κ1) is 13.5. The molecular formula is C13H19N3O. The van der Waals surface area contributed by atoms with Gasteiger partial charge in [-0.3, -0.25) is 0 Å². The maximum absolute atomic E-state index is 8.93. The molecule has 0 unspecified atom stereocenters. The first-order valence-corrected chi connectivity index (χ1v) is 5.92. The summed E-state index contributed by atoms with van der Waals surface area (Å²) in [7, 11) is 0. The van der Waals surface area contributed by atoms with E-state index in [4.69, 9.17) is 10.00 Å². The third-order valence-corrected chi connectivity index (χ3v) is 2.48. The lowest BCUT2D eigenvalue weighted by Crippen LogP contribution is -2.28. The van der Waals surface area contributed by atoms with Gasteiger partial charge in [-0.1, -0.05) is 0 Å². The van der Waals surface area contributed by atoms with Crippen LogP contribution in [0.5, 0.6) is 0 Å². The molecule has 0 aliphatic rings. The van der Waals surface area contributed by atoms with Crippen LogP contribution in [0.3, 0.4) is 0 Å². The number of aromatic nitrogens is 1. The van der Waals surface area contributed by atoms with Crippen LogP contribution in [0.15, 0.2) is 12.1 Å². The van der Waals surface area contributed by atoms with Crippen molar-refractivity contribution in [1.29, 1.82) is 5.26 Å². The molecule has 1 rings (SSSR count). The lowest BCUT2D eigenvalue weighted by molar-refractivity contribution is 0.154.